The minimum Gasteiger partial charge on any atom is -0.495 e. The zero-order valence-corrected chi connectivity index (χ0v) is 16.9. The predicted molar refractivity (Wildman–Crippen MR) is 106 cm³/mol. The van der Waals surface area contributed by atoms with Crippen molar-refractivity contribution >= 4 is 39.8 Å². The van der Waals surface area contributed by atoms with Crippen molar-refractivity contribution in [2.75, 3.05) is 25.5 Å². The lowest BCUT2D eigenvalue weighted by Gasteiger charge is -2.31. The number of likely N-dealkylation sites (tertiary alicyclic amines) is 1. The van der Waals surface area contributed by atoms with Gasteiger partial charge in [-0.15, -0.1) is 10.2 Å². The van der Waals surface area contributed by atoms with Crippen molar-refractivity contribution in [2.45, 2.75) is 36.3 Å². The summed E-state index contributed by atoms with van der Waals surface area (Å²) in [4.78, 5) is 14.6. The third-order valence-electron chi connectivity index (χ3n) is 4.48. The van der Waals surface area contributed by atoms with Crippen LogP contribution in [0.2, 0.25) is 0 Å². The Morgan fingerprint density at radius 3 is 2.81 bits per heavy atom. The monoisotopic (exact) mass is 392 g/mol. The Kier molecular flexibility index (Phi) is 6.37. The van der Waals surface area contributed by atoms with Gasteiger partial charge in [-0.25, -0.2) is 0 Å². The first-order chi connectivity index (χ1) is 12.6. The molecule has 2 heterocycles. The molecule has 8 heteroatoms. The van der Waals surface area contributed by atoms with Crippen molar-refractivity contribution in [3.05, 3.63) is 24.3 Å². The quantitative estimate of drug-likeness (QED) is 0.749. The number of carbonyl (C=O) groups is 1. The van der Waals surface area contributed by atoms with E-state index in [1.807, 2.05) is 36.1 Å². The number of nitrogens with one attached hydrogen (secondary N) is 1. The van der Waals surface area contributed by atoms with E-state index < -0.39 is 0 Å². The van der Waals surface area contributed by atoms with Gasteiger partial charge < -0.3 is 15.0 Å². The van der Waals surface area contributed by atoms with E-state index in [9.17, 15) is 4.79 Å². The first-order valence-corrected chi connectivity index (χ1v) is 10.5. The number of piperidine rings is 1. The molecule has 0 saturated carbocycles. The van der Waals surface area contributed by atoms with Crippen LogP contribution in [0.5, 0.6) is 5.75 Å². The summed E-state index contributed by atoms with van der Waals surface area (Å²) in [5, 5.41) is 12.1. The van der Waals surface area contributed by atoms with E-state index in [1.54, 1.807) is 7.11 Å². The van der Waals surface area contributed by atoms with Gasteiger partial charge >= 0.3 is 0 Å². The number of methoxy groups -OCH3 is 1. The summed E-state index contributed by atoms with van der Waals surface area (Å²) < 4.78 is 6.12. The second kappa shape index (κ2) is 8.73. The number of carbonyl (C=O) groups excluding carboxylic acids is 1. The van der Waals surface area contributed by atoms with Crippen LogP contribution in [0.3, 0.4) is 0 Å². The molecule has 26 heavy (non-hydrogen) atoms. The fourth-order valence-electron chi connectivity index (χ4n) is 2.86. The van der Waals surface area contributed by atoms with Crippen LogP contribution in [0.15, 0.2) is 28.6 Å². The van der Waals surface area contributed by atoms with E-state index in [0.29, 0.717) is 11.0 Å². The zero-order chi connectivity index (χ0) is 18.5. The van der Waals surface area contributed by atoms with Crippen molar-refractivity contribution in [3.8, 4) is 5.75 Å². The highest BCUT2D eigenvalue weighted by Gasteiger charge is 2.26. The second-order valence-corrected chi connectivity index (χ2v) is 9.03. The minimum absolute atomic E-state index is 0.157. The van der Waals surface area contributed by atoms with Crippen molar-refractivity contribution in [3.63, 3.8) is 0 Å². The molecule has 2 aromatic rings. The average Bonchev–Trinajstić information content (AvgIpc) is 3.09. The number of nitrogens with zero attached hydrogens (tertiary/aromatic N) is 3. The van der Waals surface area contributed by atoms with Crippen LogP contribution in [-0.4, -0.2) is 46.5 Å². The normalized spacial score (nSPS) is 16.3. The van der Waals surface area contributed by atoms with Gasteiger partial charge in [-0.1, -0.05) is 42.2 Å². The number of hydrogen-bond acceptors (Lipinski definition) is 7. The van der Waals surface area contributed by atoms with Crippen molar-refractivity contribution < 1.29 is 9.53 Å². The molecule has 1 fully saturated rings. The summed E-state index contributed by atoms with van der Waals surface area (Å²) in [6, 6.07) is 7.66. The van der Waals surface area contributed by atoms with Crippen molar-refractivity contribution in [1.29, 1.82) is 0 Å². The number of benzene rings is 1. The highest BCUT2D eigenvalue weighted by Crippen LogP contribution is 2.33. The van der Waals surface area contributed by atoms with Crippen LogP contribution < -0.4 is 10.1 Å². The Labute approximate surface area is 162 Å². The lowest BCUT2D eigenvalue weighted by molar-refractivity contribution is -0.131. The molecule has 1 aliphatic rings. The molecular weight excluding hydrogens is 368 g/mol. The van der Waals surface area contributed by atoms with Crippen LogP contribution >= 0.6 is 23.1 Å². The number of anilines is 2. The fraction of sp³-hybridized carbons (Fsp3) is 0.500. The molecular formula is C18H24N4O2S2. The number of para-hydroxylation sites is 2. The molecule has 1 atom stereocenters. The molecule has 0 bridgehead atoms. The van der Waals surface area contributed by atoms with Gasteiger partial charge in [0.05, 0.1) is 18.0 Å². The van der Waals surface area contributed by atoms with Crippen LogP contribution in [0.1, 0.15) is 26.7 Å². The maximum atomic E-state index is 12.6. The number of aromatic nitrogens is 2. The molecule has 0 spiro atoms. The van der Waals surface area contributed by atoms with Crippen LogP contribution in [-0.2, 0) is 4.79 Å². The Morgan fingerprint density at radius 1 is 1.35 bits per heavy atom. The van der Waals surface area contributed by atoms with Gasteiger partial charge in [-0.3, -0.25) is 4.79 Å². The topological polar surface area (TPSA) is 67.3 Å². The number of amides is 1. The fourth-order valence-corrected chi connectivity index (χ4v) is 4.85. The van der Waals surface area contributed by atoms with Crippen molar-refractivity contribution in [2.24, 2.45) is 5.92 Å². The molecule has 6 nitrogen and oxygen atoms in total. The third-order valence-corrected chi connectivity index (χ3v) is 6.49. The van der Waals surface area contributed by atoms with Crippen LogP contribution in [0, 0.1) is 5.92 Å². The van der Waals surface area contributed by atoms with Gasteiger partial charge in [0.1, 0.15) is 5.75 Å². The summed E-state index contributed by atoms with van der Waals surface area (Å²) in [6.07, 6.45) is 2.18. The largest absolute Gasteiger partial charge is 0.495 e. The highest BCUT2D eigenvalue weighted by atomic mass is 32.2. The van der Waals surface area contributed by atoms with Gasteiger partial charge in [0.2, 0.25) is 11.0 Å². The van der Waals surface area contributed by atoms with Crippen LogP contribution in [0.4, 0.5) is 10.8 Å². The summed E-state index contributed by atoms with van der Waals surface area (Å²) in [6.45, 7) is 5.92. The lowest BCUT2D eigenvalue weighted by atomic mass is 9.99. The van der Waals surface area contributed by atoms with E-state index in [1.165, 1.54) is 23.1 Å². The van der Waals surface area contributed by atoms with Crippen molar-refractivity contribution in [1.82, 2.24) is 15.1 Å². The first-order valence-electron chi connectivity index (χ1n) is 8.76. The standard InChI is InChI=1S/C18H24N4O2S2/c1-12-8-10-22(11-9-12)16(23)13(2)25-18-21-20-17(26-18)19-14-6-4-5-7-15(14)24-3/h4-7,12-13H,8-11H2,1-3H3,(H,19,20)/t13-/m0/s1. The van der Waals surface area contributed by atoms with Gasteiger partial charge in [0.15, 0.2) is 4.34 Å². The highest BCUT2D eigenvalue weighted by molar-refractivity contribution is 8.02. The van der Waals surface area contributed by atoms with Gasteiger partial charge in [0, 0.05) is 13.1 Å². The van der Waals surface area contributed by atoms with Crippen LogP contribution in [0.25, 0.3) is 0 Å². The zero-order valence-electron chi connectivity index (χ0n) is 15.3. The molecule has 1 amide bonds. The van der Waals surface area contributed by atoms with Gasteiger partial charge in [0.25, 0.3) is 0 Å². The Bertz CT molecular complexity index is 744. The minimum atomic E-state index is -0.157. The average molecular weight is 393 g/mol. The molecule has 140 valence electrons. The first kappa shape index (κ1) is 19.0. The summed E-state index contributed by atoms with van der Waals surface area (Å²) >= 11 is 2.91. The number of rotatable bonds is 6. The molecule has 1 N–H and O–H groups in total. The molecule has 1 saturated heterocycles. The third kappa shape index (κ3) is 4.67. The molecule has 1 aliphatic heterocycles. The Morgan fingerprint density at radius 2 is 2.08 bits per heavy atom. The van der Waals surface area contributed by atoms with E-state index in [2.05, 4.69) is 22.4 Å². The SMILES string of the molecule is COc1ccccc1Nc1nnc(S[C@@H](C)C(=O)N2CCC(C)CC2)s1. The van der Waals surface area contributed by atoms with Gasteiger partial charge in [-0.2, -0.15) is 0 Å². The van der Waals surface area contributed by atoms with Gasteiger partial charge in [-0.05, 0) is 37.8 Å². The Balaban J connectivity index is 1.58. The second-order valence-electron chi connectivity index (χ2n) is 6.47. The maximum Gasteiger partial charge on any atom is 0.235 e. The number of hydrogen-bond donors (Lipinski definition) is 1. The maximum absolute atomic E-state index is 12.6. The summed E-state index contributed by atoms with van der Waals surface area (Å²) in [5.41, 5.74) is 0.842. The molecule has 0 aliphatic carbocycles. The molecule has 0 radical (unpaired) electrons. The smallest absolute Gasteiger partial charge is 0.235 e. The molecule has 3 rings (SSSR count). The van der Waals surface area contributed by atoms with E-state index in [0.717, 1.165) is 41.7 Å². The number of ether oxygens (including phenoxy) is 1. The van der Waals surface area contributed by atoms with E-state index in [-0.39, 0.29) is 11.2 Å². The summed E-state index contributed by atoms with van der Waals surface area (Å²) in [7, 11) is 1.64. The summed E-state index contributed by atoms with van der Waals surface area (Å²) in [5.74, 6) is 1.66. The number of thioether (sulfide) groups is 1. The van der Waals surface area contributed by atoms with E-state index in [4.69, 9.17) is 4.74 Å². The van der Waals surface area contributed by atoms with E-state index >= 15 is 0 Å². The molecule has 1 aromatic carbocycles. The predicted octanol–water partition coefficient (Wildman–Crippen LogP) is 4.03. The lowest BCUT2D eigenvalue weighted by Crippen LogP contribution is -2.41. The molecule has 1 aromatic heterocycles. The molecule has 0 unspecified atom stereocenters. The Hall–Kier alpha value is -1.80.